The third-order valence-electron chi connectivity index (χ3n) is 2.47. The number of carbonyl (C=O) groups excluding carboxylic acids is 1. The number of oxazole rings is 1. The van der Waals surface area contributed by atoms with Gasteiger partial charge in [-0.3, -0.25) is 0 Å². The van der Waals surface area contributed by atoms with Crippen LogP contribution in [0.3, 0.4) is 0 Å². The Balaban J connectivity index is 2.62. The molecule has 2 aromatic rings. The number of fused-ring (bicyclic) bond motifs is 1. The van der Waals surface area contributed by atoms with E-state index in [4.69, 9.17) is 4.42 Å². The maximum absolute atomic E-state index is 11.3. The lowest BCUT2D eigenvalue weighted by atomic mass is 10.2. The number of esters is 1. The van der Waals surface area contributed by atoms with Gasteiger partial charge in [0, 0.05) is 12.1 Å². The lowest BCUT2D eigenvalue weighted by molar-refractivity contribution is -0.657. The zero-order valence-electron chi connectivity index (χ0n) is 8.90. The van der Waals surface area contributed by atoms with E-state index in [1.54, 1.807) is 12.1 Å². The van der Waals surface area contributed by atoms with Gasteiger partial charge in [0.15, 0.2) is 0 Å². The minimum absolute atomic E-state index is 0.353. The number of methoxy groups -OCH3 is 1. The van der Waals surface area contributed by atoms with Crippen molar-refractivity contribution in [1.29, 1.82) is 0 Å². The van der Waals surface area contributed by atoms with E-state index in [0.29, 0.717) is 11.1 Å². The third kappa shape index (κ3) is 1.48. The first-order valence-corrected chi connectivity index (χ1v) is 4.61. The summed E-state index contributed by atoms with van der Waals surface area (Å²) in [6, 6.07) is 5.26. The summed E-state index contributed by atoms with van der Waals surface area (Å²) in [7, 11) is 3.28. The molecule has 1 heterocycles. The Labute approximate surface area is 87.1 Å². The first-order chi connectivity index (χ1) is 7.13. The molecule has 0 atom stereocenters. The number of carbonyl (C=O) groups is 1. The molecule has 78 valence electrons. The van der Waals surface area contributed by atoms with Crippen molar-refractivity contribution in [3.8, 4) is 0 Å². The molecule has 0 radical (unpaired) electrons. The summed E-state index contributed by atoms with van der Waals surface area (Å²) in [6.45, 7) is 1.87. The highest BCUT2D eigenvalue weighted by atomic mass is 16.5. The fraction of sp³-hybridized carbons (Fsp3) is 0.273. The number of rotatable bonds is 1. The number of aromatic nitrogens is 1. The summed E-state index contributed by atoms with van der Waals surface area (Å²) in [4.78, 5) is 11.3. The highest BCUT2D eigenvalue weighted by molar-refractivity contribution is 5.92. The van der Waals surface area contributed by atoms with Gasteiger partial charge >= 0.3 is 11.9 Å². The van der Waals surface area contributed by atoms with E-state index in [-0.39, 0.29) is 5.97 Å². The molecule has 15 heavy (non-hydrogen) atoms. The Morgan fingerprint density at radius 1 is 1.47 bits per heavy atom. The van der Waals surface area contributed by atoms with Crippen molar-refractivity contribution >= 4 is 17.1 Å². The van der Waals surface area contributed by atoms with Crippen LogP contribution in [0.2, 0.25) is 0 Å². The van der Waals surface area contributed by atoms with Crippen molar-refractivity contribution < 1.29 is 18.5 Å². The molecule has 0 aliphatic rings. The van der Waals surface area contributed by atoms with E-state index in [9.17, 15) is 4.79 Å². The number of hydrogen-bond donors (Lipinski definition) is 0. The Hall–Kier alpha value is -1.84. The van der Waals surface area contributed by atoms with Crippen LogP contribution in [0.15, 0.2) is 22.6 Å². The van der Waals surface area contributed by atoms with Crippen LogP contribution in [0.5, 0.6) is 0 Å². The molecule has 0 unspecified atom stereocenters. The van der Waals surface area contributed by atoms with Crippen LogP contribution in [0, 0.1) is 6.92 Å². The van der Waals surface area contributed by atoms with Gasteiger partial charge in [-0.05, 0) is 6.07 Å². The topological polar surface area (TPSA) is 43.3 Å². The van der Waals surface area contributed by atoms with Crippen LogP contribution in [0.1, 0.15) is 16.2 Å². The second-order valence-corrected chi connectivity index (χ2v) is 3.35. The highest BCUT2D eigenvalue weighted by Gasteiger charge is 2.16. The van der Waals surface area contributed by atoms with E-state index < -0.39 is 0 Å². The lowest BCUT2D eigenvalue weighted by Crippen LogP contribution is -2.28. The van der Waals surface area contributed by atoms with E-state index in [1.165, 1.54) is 7.11 Å². The molecule has 4 nitrogen and oxygen atoms in total. The van der Waals surface area contributed by atoms with E-state index in [2.05, 4.69) is 4.74 Å². The molecule has 0 saturated carbocycles. The molecule has 1 aromatic carbocycles. The van der Waals surface area contributed by atoms with Crippen LogP contribution in [0.25, 0.3) is 11.1 Å². The van der Waals surface area contributed by atoms with Crippen LogP contribution in [0.4, 0.5) is 0 Å². The molecule has 0 aliphatic carbocycles. The average molecular weight is 206 g/mol. The number of benzene rings is 1. The van der Waals surface area contributed by atoms with Crippen molar-refractivity contribution in [1.82, 2.24) is 0 Å². The third-order valence-corrected chi connectivity index (χ3v) is 2.47. The summed E-state index contributed by atoms with van der Waals surface area (Å²) in [5.41, 5.74) is 2.15. The molecule has 0 N–H and O–H groups in total. The summed E-state index contributed by atoms with van der Waals surface area (Å²) in [6.07, 6.45) is 0. The SMILES string of the molecule is COC(=O)c1ccc2c(c1)oc(C)[n+]2C. The Bertz CT molecular complexity index is 528. The number of hydrogen-bond acceptors (Lipinski definition) is 3. The molecule has 0 fully saturated rings. The Morgan fingerprint density at radius 2 is 2.20 bits per heavy atom. The molecule has 0 bridgehead atoms. The quantitative estimate of drug-likeness (QED) is 0.522. The minimum Gasteiger partial charge on any atom is -0.465 e. The van der Waals surface area contributed by atoms with Crippen LogP contribution in [-0.4, -0.2) is 13.1 Å². The largest absolute Gasteiger partial charge is 0.465 e. The first kappa shape index (κ1) is 9.71. The molecule has 0 spiro atoms. The van der Waals surface area contributed by atoms with Gasteiger partial charge in [-0.25, -0.2) is 4.79 Å². The Kier molecular flexibility index (Phi) is 2.19. The van der Waals surface area contributed by atoms with E-state index in [0.717, 1.165) is 11.4 Å². The standard InChI is InChI=1S/C11H12NO3/c1-7-12(2)9-5-4-8(11(13)14-3)6-10(9)15-7/h4-6H,1-3H3/q+1. The predicted molar refractivity (Wildman–Crippen MR) is 53.5 cm³/mol. The normalized spacial score (nSPS) is 10.6. The number of nitrogens with zero attached hydrogens (tertiary/aromatic N) is 1. The summed E-state index contributed by atoms with van der Waals surface area (Å²) < 4.78 is 12.1. The zero-order valence-corrected chi connectivity index (χ0v) is 8.90. The smallest absolute Gasteiger partial charge is 0.344 e. The van der Waals surface area contributed by atoms with Gasteiger partial charge in [-0.1, -0.05) is 0 Å². The average Bonchev–Trinajstić information content (AvgIpc) is 2.53. The monoisotopic (exact) mass is 206 g/mol. The minimum atomic E-state index is -0.353. The molecule has 0 aliphatic heterocycles. The van der Waals surface area contributed by atoms with Gasteiger partial charge in [-0.2, -0.15) is 4.57 Å². The molecule has 0 saturated heterocycles. The van der Waals surface area contributed by atoms with Crippen molar-refractivity contribution in [3.63, 3.8) is 0 Å². The van der Waals surface area contributed by atoms with Crippen LogP contribution >= 0.6 is 0 Å². The fourth-order valence-electron chi connectivity index (χ4n) is 1.52. The van der Waals surface area contributed by atoms with E-state index in [1.807, 2.05) is 24.6 Å². The number of ether oxygens (including phenoxy) is 1. The van der Waals surface area contributed by atoms with Gasteiger partial charge in [0.1, 0.15) is 7.05 Å². The molecule has 1 aromatic heterocycles. The van der Waals surface area contributed by atoms with Crippen molar-refractivity contribution in [2.75, 3.05) is 7.11 Å². The molecular weight excluding hydrogens is 194 g/mol. The van der Waals surface area contributed by atoms with Gasteiger partial charge in [0.25, 0.3) is 5.52 Å². The van der Waals surface area contributed by atoms with Crippen molar-refractivity contribution in [2.45, 2.75) is 6.92 Å². The van der Waals surface area contributed by atoms with Crippen LogP contribution in [-0.2, 0) is 11.8 Å². The second kappa shape index (κ2) is 3.38. The summed E-state index contributed by atoms with van der Waals surface area (Å²) in [5, 5.41) is 0. The maximum atomic E-state index is 11.3. The van der Waals surface area contributed by atoms with Crippen molar-refractivity contribution in [3.05, 3.63) is 29.7 Å². The first-order valence-electron chi connectivity index (χ1n) is 4.61. The Morgan fingerprint density at radius 3 is 2.87 bits per heavy atom. The summed E-state index contributed by atoms with van der Waals surface area (Å²) in [5.74, 6) is 0.445. The summed E-state index contributed by atoms with van der Waals surface area (Å²) >= 11 is 0. The molecule has 4 heteroatoms. The highest BCUT2D eigenvalue weighted by Crippen LogP contribution is 2.15. The van der Waals surface area contributed by atoms with Gasteiger partial charge in [-0.15, -0.1) is 0 Å². The zero-order chi connectivity index (χ0) is 11.0. The predicted octanol–water partition coefficient (Wildman–Crippen LogP) is 1.35. The fourth-order valence-corrected chi connectivity index (χ4v) is 1.52. The van der Waals surface area contributed by atoms with E-state index >= 15 is 0 Å². The molecule has 0 amide bonds. The van der Waals surface area contributed by atoms with Gasteiger partial charge < -0.3 is 9.15 Å². The molecule has 2 rings (SSSR count). The second-order valence-electron chi connectivity index (χ2n) is 3.35. The molecular formula is C11H12NO3+. The number of aryl methyl sites for hydroxylation is 2. The van der Waals surface area contributed by atoms with Gasteiger partial charge in [0.05, 0.1) is 19.6 Å². The maximum Gasteiger partial charge on any atom is 0.344 e. The van der Waals surface area contributed by atoms with Crippen molar-refractivity contribution in [2.24, 2.45) is 7.05 Å². The lowest BCUT2D eigenvalue weighted by Gasteiger charge is -1.95. The van der Waals surface area contributed by atoms with Crippen LogP contribution < -0.4 is 4.57 Å². The van der Waals surface area contributed by atoms with Gasteiger partial charge in [0.2, 0.25) is 5.58 Å².